The van der Waals surface area contributed by atoms with Gasteiger partial charge < -0.3 is 20.9 Å². The number of H-pyrrole nitrogens is 1. The van der Waals surface area contributed by atoms with Gasteiger partial charge in [-0.05, 0) is 49.5 Å². The Labute approximate surface area is 163 Å². The molecule has 2 aromatic heterocycles. The van der Waals surface area contributed by atoms with Gasteiger partial charge in [0, 0.05) is 48.2 Å². The van der Waals surface area contributed by atoms with Gasteiger partial charge in [-0.1, -0.05) is 12.1 Å². The molecule has 0 aliphatic rings. The maximum absolute atomic E-state index is 12.4. The largest absolute Gasteiger partial charge is 0.383 e. The molecule has 0 atom stereocenters. The third-order valence-electron chi connectivity index (χ3n) is 4.31. The quantitative estimate of drug-likeness (QED) is 0.609. The Morgan fingerprint density at radius 1 is 1.14 bits per heavy atom. The molecule has 0 aliphatic heterocycles. The number of rotatable bonds is 6. The highest BCUT2D eigenvalue weighted by atomic mass is 16.1. The first-order valence-corrected chi connectivity index (χ1v) is 8.92. The molecule has 0 saturated heterocycles. The molecule has 3 aromatic rings. The average molecular weight is 377 g/mol. The number of aromatic amines is 1. The van der Waals surface area contributed by atoms with E-state index < -0.39 is 0 Å². The molecule has 2 heterocycles. The number of nitrogen functional groups attached to an aromatic ring is 1. The van der Waals surface area contributed by atoms with Crippen LogP contribution in [0.15, 0.2) is 59.7 Å². The molecular formula is C21H23N5O2. The number of nitrogens with two attached hydrogens (primary N) is 1. The van der Waals surface area contributed by atoms with E-state index in [-0.39, 0.29) is 11.5 Å². The maximum atomic E-state index is 12.4. The topological polar surface area (TPSA) is 104 Å². The van der Waals surface area contributed by atoms with E-state index in [1.54, 1.807) is 24.5 Å². The van der Waals surface area contributed by atoms with Crippen molar-refractivity contribution in [1.29, 1.82) is 0 Å². The molecule has 28 heavy (non-hydrogen) atoms. The average Bonchev–Trinajstić information content (AvgIpc) is 2.68. The number of carbonyl (C=O) groups is 1. The Bertz CT molecular complexity index is 1040. The normalized spacial score (nSPS) is 10.8. The number of anilines is 1. The van der Waals surface area contributed by atoms with Crippen molar-refractivity contribution in [3.8, 4) is 22.3 Å². The van der Waals surface area contributed by atoms with Gasteiger partial charge in [0.1, 0.15) is 5.82 Å². The molecule has 0 unspecified atom stereocenters. The van der Waals surface area contributed by atoms with Crippen LogP contribution >= 0.6 is 0 Å². The van der Waals surface area contributed by atoms with Crippen molar-refractivity contribution >= 4 is 11.7 Å². The summed E-state index contributed by atoms with van der Waals surface area (Å²) in [6.45, 7) is 1.35. The summed E-state index contributed by atoms with van der Waals surface area (Å²) in [6.07, 6.45) is 3.23. The van der Waals surface area contributed by atoms with Crippen LogP contribution in [0.25, 0.3) is 22.3 Å². The molecule has 144 valence electrons. The van der Waals surface area contributed by atoms with E-state index in [2.05, 4.69) is 15.3 Å². The second kappa shape index (κ2) is 8.49. The first-order chi connectivity index (χ1) is 13.4. The van der Waals surface area contributed by atoms with Crippen molar-refractivity contribution in [2.24, 2.45) is 0 Å². The highest BCUT2D eigenvalue weighted by molar-refractivity contribution is 5.95. The smallest absolute Gasteiger partial charge is 0.251 e. The van der Waals surface area contributed by atoms with Crippen LogP contribution in [0, 0.1) is 0 Å². The van der Waals surface area contributed by atoms with E-state index in [4.69, 9.17) is 5.73 Å². The first-order valence-electron chi connectivity index (χ1n) is 8.92. The fraction of sp³-hybridized carbons (Fsp3) is 0.190. The number of pyridine rings is 2. The van der Waals surface area contributed by atoms with Crippen molar-refractivity contribution in [2.75, 3.05) is 32.9 Å². The van der Waals surface area contributed by atoms with Gasteiger partial charge in [-0.15, -0.1) is 0 Å². The summed E-state index contributed by atoms with van der Waals surface area (Å²) in [6, 6.07) is 12.5. The number of carbonyl (C=O) groups excluding carboxylic acids is 1. The summed E-state index contributed by atoms with van der Waals surface area (Å²) in [5.74, 6) is 0.217. The molecular weight excluding hydrogens is 354 g/mol. The summed E-state index contributed by atoms with van der Waals surface area (Å²) in [7, 11) is 3.91. The first kappa shape index (κ1) is 19.3. The molecule has 7 heteroatoms. The summed E-state index contributed by atoms with van der Waals surface area (Å²) in [5.41, 5.74) is 9.40. The Morgan fingerprint density at radius 2 is 1.96 bits per heavy atom. The van der Waals surface area contributed by atoms with E-state index in [1.807, 2.05) is 43.3 Å². The number of amides is 1. The van der Waals surface area contributed by atoms with Crippen LogP contribution in [0.2, 0.25) is 0 Å². The lowest BCUT2D eigenvalue weighted by Crippen LogP contribution is -2.31. The van der Waals surface area contributed by atoms with E-state index in [0.717, 1.165) is 17.7 Å². The van der Waals surface area contributed by atoms with Crippen LogP contribution in [0.1, 0.15) is 10.4 Å². The van der Waals surface area contributed by atoms with Crippen LogP contribution in [-0.2, 0) is 0 Å². The number of aromatic nitrogens is 2. The monoisotopic (exact) mass is 377 g/mol. The number of hydrogen-bond donors (Lipinski definition) is 3. The number of likely N-dealkylation sites (N-methyl/N-ethyl adjacent to an activating group) is 1. The van der Waals surface area contributed by atoms with E-state index in [9.17, 15) is 9.59 Å². The summed E-state index contributed by atoms with van der Waals surface area (Å²) in [4.78, 5) is 32.9. The highest BCUT2D eigenvalue weighted by Gasteiger charge is 2.10. The summed E-state index contributed by atoms with van der Waals surface area (Å²) in [5, 5.41) is 2.91. The van der Waals surface area contributed by atoms with Gasteiger partial charge in [-0.2, -0.15) is 0 Å². The fourth-order valence-electron chi connectivity index (χ4n) is 2.81. The number of hydrogen-bond acceptors (Lipinski definition) is 5. The van der Waals surface area contributed by atoms with E-state index in [1.165, 1.54) is 6.07 Å². The van der Waals surface area contributed by atoms with E-state index >= 15 is 0 Å². The molecule has 0 bridgehead atoms. The van der Waals surface area contributed by atoms with Crippen molar-refractivity contribution < 1.29 is 4.79 Å². The Kier molecular flexibility index (Phi) is 5.86. The van der Waals surface area contributed by atoms with Crippen molar-refractivity contribution in [3.05, 3.63) is 70.8 Å². The lowest BCUT2D eigenvalue weighted by molar-refractivity contribution is 0.0951. The second-order valence-electron chi connectivity index (χ2n) is 6.74. The van der Waals surface area contributed by atoms with Crippen LogP contribution in [0.3, 0.4) is 0 Å². The third kappa shape index (κ3) is 4.63. The van der Waals surface area contributed by atoms with Gasteiger partial charge in [0.25, 0.3) is 5.91 Å². The van der Waals surface area contributed by atoms with Gasteiger partial charge in [0.15, 0.2) is 0 Å². The molecule has 0 fully saturated rings. The SMILES string of the molecule is CN(C)CCNC(=O)c1cccc(-c2cnc(N)c(-c3cc[nH]c(=O)c3)c2)c1. The van der Waals surface area contributed by atoms with Gasteiger partial charge in [0.2, 0.25) is 5.56 Å². The number of benzene rings is 1. The Hall–Kier alpha value is -3.45. The molecule has 1 amide bonds. The standard InChI is InChI=1S/C21H23N5O2/c1-26(2)9-8-24-21(28)16-5-3-4-14(10-16)17-11-18(20(22)25-13-17)15-6-7-23-19(27)12-15/h3-7,10-13H,8-9H2,1-2H3,(H2,22,25)(H,23,27)(H,24,28). The van der Waals surface area contributed by atoms with Gasteiger partial charge in [0.05, 0.1) is 0 Å². The zero-order valence-corrected chi connectivity index (χ0v) is 15.9. The molecule has 1 aromatic carbocycles. The van der Waals surface area contributed by atoms with Gasteiger partial charge >= 0.3 is 0 Å². The van der Waals surface area contributed by atoms with Gasteiger partial charge in [-0.3, -0.25) is 9.59 Å². The minimum absolute atomic E-state index is 0.123. The predicted molar refractivity (Wildman–Crippen MR) is 111 cm³/mol. The molecule has 0 spiro atoms. The number of nitrogens with zero attached hydrogens (tertiary/aromatic N) is 2. The van der Waals surface area contributed by atoms with Crippen LogP contribution < -0.4 is 16.6 Å². The zero-order valence-electron chi connectivity index (χ0n) is 15.9. The maximum Gasteiger partial charge on any atom is 0.251 e. The number of nitrogens with one attached hydrogen (secondary N) is 2. The summed E-state index contributed by atoms with van der Waals surface area (Å²) < 4.78 is 0. The molecule has 0 saturated carbocycles. The van der Waals surface area contributed by atoms with Crippen LogP contribution in [-0.4, -0.2) is 48.0 Å². The molecule has 0 aliphatic carbocycles. The highest BCUT2D eigenvalue weighted by Crippen LogP contribution is 2.29. The minimum atomic E-state index is -0.210. The van der Waals surface area contributed by atoms with Crippen molar-refractivity contribution in [3.63, 3.8) is 0 Å². The van der Waals surface area contributed by atoms with Crippen LogP contribution in [0.5, 0.6) is 0 Å². The fourth-order valence-corrected chi connectivity index (χ4v) is 2.81. The third-order valence-corrected chi connectivity index (χ3v) is 4.31. The van der Waals surface area contributed by atoms with Crippen molar-refractivity contribution in [1.82, 2.24) is 20.2 Å². The Balaban J connectivity index is 1.89. The zero-order chi connectivity index (χ0) is 20.1. The molecule has 7 nitrogen and oxygen atoms in total. The van der Waals surface area contributed by atoms with Crippen LogP contribution in [0.4, 0.5) is 5.82 Å². The van der Waals surface area contributed by atoms with Gasteiger partial charge in [-0.25, -0.2) is 4.98 Å². The lowest BCUT2D eigenvalue weighted by Gasteiger charge is -2.11. The van der Waals surface area contributed by atoms with E-state index in [0.29, 0.717) is 29.1 Å². The molecule has 0 radical (unpaired) electrons. The lowest BCUT2D eigenvalue weighted by atomic mass is 10.00. The minimum Gasteiger partial charge on any atom is -0.383 e. The summed E-state index contributed by atoms with van der Waals surface area (Å²) >= 11 is 0. The van der Waals surface area contributed by atoms with Crippen molar-refractivity contribution in [2.45, 2.75) is 0 Å². The second-order valence-corrected chi connectivity index (χ2v) is 6.74. The Morgan fingerprint density at radius 3 is 2.71 bits per heavy atom. The molecule has 3 rings (SSSR count). The molecule has 4 N–H and O–H groups in total. The predicted octanol–water partition coefficient (Wildman–Crippen LogP) is 1.98.